The van der Waals surface area contributed by atoms with Crippen molar-refractivity contribution in [1.29, 1.82) is 5.26 Å². The van der Waals surface area contributed by atoms with E-state index in [1.165, 1.54) is 0 Å². The van der Waals surface area contributed by atoms with Gasteiger partial charge in [-0.25, -0.2) is 15.0 Å². The molecule has 2 N–H and O–H groups in total. The van der Waals surface area contributed by atoms with E-state index in [4.69, 9.17) is 4.98 Å². The van der Waals surface area contributed by atoms with Crippen LogP contribution < -0.4 is 10.6 Å². The molecule has 2 fully saturated rings. The van der Waals surface area contributed by atoms with Gasteiger partial charge in [0.1, 0.15) is 17.3 Å². The van der Waals surface area contributed by atoms with E-state index in [-0.39, 0.29) is 6.04 Å². The van der Waals surface area contributed by atoms with Crippen molar-refractivity contribution in [3.63, 3.8) is 0 Å². The molecule has 2 aromatic rings. The molecule has 0 bridgehead atoms. The zero-order valence-electron chi connectivity index (χ0n) is 16.8. The average molecular weight is 381 g/mol. The lowest BCUT2D eigenvalue weighted by molar-refractivity contribution is 0.0656. The van der Waals surface area contributed by atoms with Crippen LogP contribution in [0.15, 0.2) is 12.3 Å². The second-order valence-electron chi connectivity index (χ2n) is 8.20. The molecule has 0 spiro atoms. The minimum absolute atomic E-state index is 0.201. The molecular weight excluding hydrogens is 352 g/mol. The van der Waals surface area contributed by atoms with Gasteiger partial charge in [0.05, 0.1) is 0 Å². The van der Waals surface area contributed by atoms with Crippen molar-refractivity contribution in [3.05, 3.63) is 18.0 Å². The van der Waals surface area contributed by atoms with Crippen molar-refractivity contribution < 1.29 is 0 Å². The fraction of sp³-hybridized carbons (Fsp3) is 0.600. The standard InChI is InChI=1S/C20H28N8/c1-13(2)23-19-18-14(8-16(11-21)24-19)12-22-20(26-18)25-15-9-17(10-15)28-6-4-27(3)5-7-28/h8,12-13,15,17H,4-7,9-10H2,1-3H3,(H,23,24)(H,22,25,26)/t15-,17-. The topological polar surface area (TPSA) is 93.0 Å². The molecule has 0 atom stereocenters. The van der Waals surface area contributed by atoms with Crippen molar-refractivity contribution in [2.24, 2.45) is 0 Å². The SMILES string of the molecule is CC(C)Nc1nc(C#N)cc2cnc(N[C@H]3C[C@H](N4CCN(C)CC4)C3)nc12. The average Bonchev–Trinajstić information content (AvgIpc) is 2.65. The summed E-state index contributed by atoms with van der Waals surface area (Å²) in [5.74, 6) is 1.27. The third-order valence-corrected chi connectivity index (χ3v) is 5.61. The fourth-order valence-corrected chi connectivity index (χ4v) is 3.91. The van der Waals surface area contributed by atoms with E-state index in [9.17, 15) is 5.26 Å². The maximum Gasteiger partial charge on any atom is 0.223 e. The second kappa shape index (κ2) is 7.86. The summed E-state index contributed by atoms with van der Waals surface area (Å²) in [4.78, 5) is 18.6. The maximum atomic E-state index is 9.22. The lowest BCUT2D eigenvalue weighted by Gasteiger charge is -2.46. The van der Waals surface area contributed by atoms with Crippen LogP contribution in [0.2, 0.25) is 0 Å². The number of nitrogens with zero attached hydrogens (tertiary/aromatic N) is 6. The number of fused-ring (bicyclic) bond motifs is 1. The Kier molecular flexibility index (Phi) is 5.29. The van der Waals surface area contributed by atoms with E-state index < -0.39 is 0 Å². The minimum Gasteiger partial charge on any atom is -0.366 e. The predicted octanol–water partition coefficient (Wildman–Crippen LogP) is 1.91. The summed E-state index contributed by atoms with van der Waals surface area (Å²) in [6.45, 7) is 8.73. The third kappa shape index (κ3) is 4.01. The van der Waals surface area contributed by atoms with Crippen molar-refractivity contribution in [2.45, 2.75) is 44.8 Å². The van der Waals surface area contributed by atoms with Crippen LogP contribution in [0.4, 0.5) is 11.8 Å². The number of pyridine rings is 1. The number of nitrogens with one attached hydrogen (secondary N) is 2. The highest BCUT2D eigenvalue weighted by Gasteiger charge is 2.35. The number of nitriles is 1. The number of hydrogen-bond acceptors (Lipinski definition) is 8. The van der Waals surface area contributed by atoms with Crippen molar-refractivity contribution in [1.82, 2.24) is 24.8 Å². The molecular formula is C20H28N8. The van der Waals surface area contributed by atoms with Gasteiger partial charge in [-0.3, -0.25) is 4.90 Å². The number of rotatable bonds is 5. The number of piperazine rings is 1. The van der Waals surface area contributed by atoms with E-state index in [2.05, 4.69) is 43.5 Å². The molecule has 3 heterocycles. The van der Waals surface area contributed by atoms with Crippen LogP contribution in [0.1, 0.15) is 32.4 Å². The summed E-state index contributed by atoms with van der Waals surface area (Å²) in [5.41, 5.74) is 1.12. The molecule has 1 saturated carbocycles. The van der Waals surface area contributed by atoms with Crippen LogP contribution in [0.3, 0.4) is 0 Å². The Morgan fingerprint density at radius 2 is 1.93 bits per heavy atom. The summed E-state index contributed by atoms with van der Waals surface area (Å²) in [6.07, 6.45) is 4.04. The predicted molar refractivity (Wildman–Crippen MR) is 110 cm³/mol. The molecule has 0 amide bonds. The summed E-state index contributed by atoms with van der Waals surface area (Å²) < 4.78 is 0. The zero-order valence-corrected chi connectivity index (χ0v) is 16.8. The second-order valence-corrected chi connectivity index (χ2v) is 8.20. The molecule has 0 unspecified atom stereocenters. The Morgan fingerprint density at radius 3 is 2.61 bits per heavy atom. The molecule has 2 aromatic heterocycles. The Balaban J connectivity index is 1.44. The van der Waals surface area contributed by atoms with Gasteiger partial charge < -0.3 is 15.5 Å². The Hall–Kier alpha value is -2.50. The lowest BCUT2D eigenvalue weighted by Crippen LogP contribution is -2.55. The quantitative estimate of drug-likeness (QED) is 0.813. The van der Waals surface area contributed by atoms with E-state index in [0.29, 0.717) is 29.5 Å². The highest BCUT2D eigenvalue weighted by Crippen LogP contribution is 2.29. The molecule has 0 aromatic carbocycles. The number of aromatic nitrogens is 3. The van der Waals surface area contributed by atoms with Gasteiger partial charge in [0.2, 0.25) is 5.95 Å². The molecule has 28 heavy (non-hydrogen) atoms. The summed E-state index contributed by atoms with van der Waals surface area (Å²) in [7, 11) is 2.19. The first-order valence-corrected chi connectivity index (χ1v) is 10.1. The maximum absolute atomic E-state index is 9.22. The molecule has 1 aliphatic carbocycles. The smallest absolute Gasteiger partial charge is 0.223 e. The van der Waals surface area contributed by atoms with Crippen molar-refractivity contribution >= 4 is 22.7 Å². The molecule has 8 heteroatoms. The first-order chi connectivity index (χ1) is 13.5. The molecule has 1 aliphatic heterocycles. The zero-order chi connectivity index (χ0) is 19.7. The van der Waals surface area contributed by atoms with Gasteiger partial charge >= 0.3 is 0 Å². The van der Waals surface area contributed by atoms with Gasteiger partial charge in [0, 0.05) is 55.9 Å². The van der Waals surface area contributed by atoms with Gasteiger partial charge in [0.25, 0.3) is 0 Å². The first kappa shape index (κ1) is 18.8. The van der Waals surface area contributed by atoms with E-state index >= 15 is 0 Å². The van der Waals surface area contributed by atoms with Crippen molar-refractivity contribution in [2.75, 3.05) is 43.9 Å². The summed E-state index contributed by atoms with van der Waals surface area (Å²) >= 11 is 0. The monoisotopic (exact) mass is 380 g/mol. The molecule has 2 aliphatic rings. The highest BCUT2D eigenvalue weighted by atomic mass is 15.3. The van der Waals surface area contributed by atoms with Gasteiger partial charge in [0.15, 0.2) is 5.82 Å². The summed E-state index contributed by atoms with van der Waals surface area (Å²) in [6, 6.07) is 5.12. The Bertz CT molecular complexity index is 876. The number of hydrogen-bond donors (Lipinski definition) is 2. The van der Waals surface area contributed by atoms with E-state index in [1.807, 2.05) is 13.8 Å². The molecule has 148 valence electrons. The molecule has 0 radical (unpaired) electrons. The molecule has 8 nitrogen and oxygen atoms in total. The van der Waals surface area contributed by atoms with Gasteiger partial charge in [-0.2, -0.15) is 5.26 Å². The molecule has 1 saturated heterocycles. The molecule has 4 rings (SSSR count). The normalized spacial score (nSPS) is 23.4. The third-order valence-electron chi connectivity index (χ3n) is 5.61. The largest absolute Gasteiger partial charge is 0.366 e. The fourth-order valence-electron chi connectivity index (χ4n) is 3.91. The van der Waals surface area contributed by atoms with Crippen LogP contribution in [0.5, 0.6) is 0 Å². The van der Waals surface area contributed by atoms with Crippen LogP contribution in [0, 0.1) is 11.3 Å². The number of anilines is 2. The Morgan fingerprint density at radius 1 is 1.18 bits per heavy atom. The van der Waals surface area contributed by atoms with Crippen LogP contribution >= 0.6 is 0 Å². The highest BCUT2D eigenvalue weighted by molar-refractivity contribution is 5.89. The van der Waals surface area contributed by atoms with Gasteiger partial charge in [-0.1, -0.05) is 0 Å². The van der Waals surface area contributed by atoms with Gasteiger partial charge in [-0.15, -0.1) is 0 Å². The van der Waals surface area contributed by atoms with E-state index in [0.717, 1.165) is 49.9 Å². The number of likely N-dealkylation sites (N-methyl/N-ethyl adjacent to an activating group) is 1. The minimum atomic E-state index is 0.201. The first-order valence-electron chi connectivity index (χ1n) is 10.1. The lowest BCUT2D eigenvalue weighted by atomic mass is 9.85. The van der Waals surface area contributed by atoms with Crippen LogP contribution in [0.25, 0.3) is 10.9 Å². The van der Waals surface area contributed by atoms with Crippen LogP contribution in [-0.2, 0) is 0 Å². The summed E-state index contributed by atoms with van der Waals surface area (Å²) in [5, 5.41) is 16.8. The van der Waals surface area contributed by atoms with E-state index in [1.54, 1.807) is 12.3 Å². The van der Waals surface area contributed by atoms with Gasteiger partial charge in [-0.05, 0) is 39.8 Å². The van der Waals surface area contributed by atoms with Crippen LogP contribution in [-0.4, -0.2) is 76.1 Å². The Labute approximate surface area is 166 Å². The van der Waals surface area contributed by atoms with Crippen molar-refractivity contribution in [3.8, 4) is 6.07 Å².